The van der Waals surface area contributed by atoms with E-state index in [1.165, 1.54) is 22.0 Å². The molecule has 1 aliphatic heterocycles. The van der Waals surface area contributed by atoms with Gasteiger partial charge >= 0.3 is 0 Å². The molecule has 1 fully saturated rings. The molecule has 2 aromatic heterocycles. The Labute approximate surface area is 172 Å². The van der Waals surface area contributed by atoms with Gasteiger partial charge in [-0.05, 0) is 63.9 Å². The van der Waals surface area contributed by atoms with Crippen molar-refractivity contribution in [1.29, 1.82) is 0 Å². The van der Waals surface area contributed by atoms with Gasteiger partial charge in [-0.1, -0.05) is 12.1 Å². The van der Waals surface area contributed by atoms with Crippen LogP contribution >= 0.6 is 0 Å². The maximum Gasteiger partial charge on any atom is 0.213 e. The molecule has 1 aromatic carbocycles. The number of aromatic nitrogens is 2. The summed E-state index contributed by atoms with van der Waals surface area (Å²) in [7, 11) is 2.27. The van der Waals surface area contributed by atoms with Crippen LogP contribution < -0.4 is 10.1 Å². The van der Waals surface area contributed by atoms with Crippen LogP contribution in [0.3, 0.4) is 0 Å². The molecule has 2 unspecified atom stereocenters. The highest BCUT2D eigenvalue weighted by atomic mass is 16.5. The molecule has 0 bridgehead atoms. The molecule has 2 aliphatic rings. The van der Waals surface area contributed by atoms with Crippen LogP contribution in [-0.2, 0) is 6.42 Å². The molecular formula is C24H30N4O. The second kappa shape index (κ2) is 6.77. The number of pyridine rings is 1. The van der Waals surface area contributed by atoms with Gasteiger partial charge in [-0.15, -0.1) is 0 Å². The summed E-state index contributed by atoms with van der Waals surface area (Å²) in [5.74, 6) is 1.22. The first-order valence-electron chi connectivity index (χ1n) is 10.6. The largest absolute Gasteiger partial charge is 0.472 e. The smallest absolute Gasteiger partial charge is 0.213 e. The Morgan fingerprint density at radius 2 is 2.07 bits per heavy atom. The van der Waals surface area contributed by atoms with Crippen LogP contribution in [0, 0.1) is 0 Å². The van der Waals surface area contributed by atoms with Crippen molar-refractivity contribution in [3.05, 3.63) is 53.9 Å². The number of H-pyrrole nitrogens is 1. The molecule has 3 heterocycles. The van der Waals surface area contributed by atoms with E-state index in [-0.39, 0.29) is 5.60 Å². The molecule has 152 valence electrons. The number of rotatable bonds is 3. The fourth-order valence-corrected chi connectivity index (χ4v) is 5.12. The number of piperidine rings is 1. The van der Waals surface area contributed by atoms with Gasteiger partial charge in [-0.2, -0.15) is 0 Å². The molecule has 5 heteroatoms. The Kier molecular flexibility index (Phi) is 4.32. The molecule has 29 heavy (non-hydrogen) atoms. The van der Waals surface area contributed by atoms with E-state index in [0.29, 0.717) is 23.9 Å². The summed E-state index contributed by atoms with van der Waals surface area (Å²) < 4.78 is 5.84. The SMILES string of the molecule is CN1CC(Nc2ccc(OC(C)(C)C)nc2)CC2c3cccc4[nH]cc(c34)C[C@H]21. The monoisotopic (exact) mass is 390 g/mol. The second-order valence-electron chi connectivity index (χ2n) is 9.58. The second-order valence-corrected chi connectivity index (χ2v) is 9.58. The number of anilines is 1. The molecule has 3 aromatic rings. The van der Waals surface area contributed by atoms with Gasteiger partial charge in [-0.3, -0.25) is 0 Å². The van der Waals surface area contributed by atoms with Crippen LogP contribution in [-0.4, -0.2) is 46.1 Å². The van der Waals surface area contributed by atoms with Crippen molar-refractivity contribution in [3.8, 4) is 5.88 Å². The molecule has 1 aliphatic carbocycles. The van der Waals surface area contributed by atoms with Gasteiger partial charge < -0.3 is 19.9 Å². The van der Waals surface area contributed by atoms with Gasteiger partial charge in [0, 0.05) is 47.7 Å². The van der Waals surface area contributed by atoms with Crippen molar-refractivity contribution in [2.75, 3.05) is 18.9 Å². The lowest BCUT2D eigenvalue weighted by Crippen LogP contribution is -2.51. The normalized spacial score (nSPS) is 24.3. The van der Waals surface area contributed by atoms with E-state index >= 15 is 0 Å². The number of nitrogens with one attached hydrogen (secondary N) is 2. The van der Waals surface area contributed by atoms with Gasteiger partial charge in [0.25, 0.3) is 0 Å². The van der Waals surface area contributed by atoms with Crippen LogP contribution in [0.1, 0.15) is 44.2 Å². The van der Waals surface area contributed by atoms with Crippen molar-refractivity contribution >= 4 is 16.6 Å². The minimum absolute atomic E-state index is 0.234. The van der Waals surface area contributed by atoms with E-state index in [1.807, 2.05) is 33.0 Å². The predicted molar refractivity (Wildman–Crippen MR) is 118 cm³/mol. The van der Waals surface area contributed by atoms with Gasteiger partial charge in [0.2, 0.25) is 5.88 Å². The van der Waals surface area contributed by atoms with E-state index in [1.54, 1.807) is 0 Å². The fraction of sp³-hybridized carbons (Fsp3) is 0.458. The summed E-state index contributed by atoms with van der Waals surface area (Å²) in [5, 5.41) is 5.17. The van der Waals surface area contributed by atoms with Gasteiger partial charge in [0.15, 0.2) is 0 Å². The first kappa shape index (κ1) is 18.5. The lowest BCUT2D eigenvalue weighted by atomic mass is 9.74. The molecule has 3 atom stereocenters. The standard InChI is InChI=1S/C24H30N4O/c1-24(2,3)29-22-9-8-16(13-26-22)27-17-11-19-18-6-5-7-20-23(18)15(12-25-20)10-21(19)28(4)14-17/h5-9,12-13,17,19,21,25,27H,10-11,14H2,1-4H3/t17?,19?,21-/m1/s1. The van der Waals surface area contributed by atoms with Crippen molar-refractivity contribution < 1.29 is 4.74 Å². The highest BCUT2D eigenvalue weighted by molar-refractivity contribution is 5.88. The molecule has 0 radical (unpaired) electrons. The average molecular weight is 391 g/mol. The molecule has 0 amide bonds. The van der Waals surface area contributed by atoms with E-state index in [9.17, 15) is 0 Å². The maximum atomic E-state index is 5.84. The Morgan fingerprint density at radius 3 is 2.83 bits per heavy atom. The van der Waals surface area contributed by atoms with Crippen LogP contribution in [0.25, 0.3) is 10.9 Å². The quantitative estimate of drug-likeness (QED) is 0.688. The zero-order valence-electron chi connectivity index (χ0n) is 17.7. The number of likely N-dealkylation sites (N-methyl/N-ethyl adjacent to an activating group) is 1. The fourth-order valence-electron chi connectivity index (χ4n) is 5.12. The molecule has 1 saturated heterocycles. The zero-order chi connectivity index (χ0) is 20.2. The summed E-state index contributed by atoms with van der Waals surface area (Å²) in [4.78, 5) is 10.5. The van der Waals surface area contributed by atoms with E-state index < -0.39 is 0 Å². The summed E-state index contributed by atoms with van der Waals surface area (Å²) in [5.41, 5.74) is 5.06. The maximum absolute atomic E-state index is 5.84. The highest BCUT2D eigenvalue weighted by Gasteiger charge is 2.39. The first-order valence-corrected chi connectivity index (χ1v) is 10.6. The van der Waals surface area contributed by atoms with Crippen LogP contribution in [0.2, 0.25) is 0 Å². The molecule has 5 rings (SSSR count). The zero-order valence-corrected chi connectivity index (χ0v) is 17.7. The Bertz CT molecular complexity index is 1020. The van der Waals surface area contributed by atoms with Crippen molar-refractivity contribution in [1.82, 2.24) is 14.9 Å². The van der Waals surface area contributed by atoms with Crippen molar-refractivity contribution in [2.45, 2.75) is 57.2 Å². The Morgan fingerprint density at radius 1 is 1.21 bits per heavy atom. The van der Waals surface area contributed by atoms with E-state index in [0.717, 1.165) is 25.1 Å². The van der Waals surface area contributed by atoms with Crippen LogP contribution in [0.4, 0.5) is 5.69 Å². The molecule has 2 N–H and O–H groups in total. The number of hydrogen-bond acceptors (Lipinski definition) is 4. The molecule has 0 saturated carbocycles. The third-order valence-corrected chi connectivity index (χ3v) is 6.24. The van der Waals surface area contributed by atoms with Crippen molar-refractivity contribution in [3.63, 3.8) is 0 Å². The van der Waals surface area contributed by atoms with E-state index in [2.05, 4.69) is 57.7 Å². The first-order chi connectivity index (χ1) is 13.9. The summed E-state index contributed by atoms with van der Waals surface area (Å²) in [6.07, 6.45) is 6.36. The van der Waals surface area contributed by atoms with Crippen LogP contribution in [0.5, 0.6) is 5.88 Å². The third kappa shape index (κ3) is 3.48. The predicted octanol–water partition coefficient (Wildman–Crippen LogP) is 4.56. The summed E-state index contributed by atoms with van der Waals surface area (Å²) in [6.45, 7) is 7.15. The molecule has 5 nitrogen and oxygen atoms in total. The number of ether oxygens (including phenoxy) is 1. The average Bonchev–Trinajstić information content (AvgIpc) is 3.08. The van der Waals surface area contributed by atoms with Crippen LogP contribution in [0.15, 0.2) is 42.7 Å². The Hall–Kier alpha value is -2.53. The van der Waals surface area contributed by atoms with Gasteiger partial charge in [-0.25, -0.2) is 4.98 Å². The van der Waals surface area contributed by atoms with Crippen molar-refractivity contribution in [2.24, 2.45) is 0 Å². The number of aromatic amines is 1. The molecule has 0 spiro atoms. The number of benzene rings is 1. The number of nitrogens with zero attached hydrogens (tertiary/aromatic N) is 2. The summed E-state index contributed by atoms with van der Waals surface area (Å²) >= 11 is 0. The minimum Gasteiger partial charge on any atom is -0.472 e. The third-order valence-electron chi connectivity index (χ3n) is 6.24. The molecular weight excluding hydrogens is 360 g/mol. The van der Waals surface area contributed by atoms with E-state index in [4.69, 9.17) is 4.74 Å². The number of hydrogen-bond donors (Lipinski definition) is 2. The topological polar surface area (TPSA) is 53.2 Å². The highest BCUT2D eigenvalue weighted by Crippen LogP contribution is 2.43. The minimum atomic E-state index is -0.234. The number of fused-ring (bicyclic) bond motifs is 2. The lowest BCUT2D eigenvalue weighted by molar-refractivity contribution is 0.124. The van der Waals surface area contributed by atoms with Gasteiger partial charge in [0.05, 0.1) is 11.9 Å². The number of likely N-dealkylation sites (tertiary alicyclic amines) is 1. The summed E-state index contributed by atoms with van der Waals surface area (Å²) in [6, 6.07) is 11.7. The lowest BCUT2D eigenvalue weighted by Gasteiger charge is -2.45. The van der Waals surface area contributed by atoms with Gasteiger partial charge in [0.1, 0.15) is 5.60 Å². The Balaban J connectivity index is 1.35.